The van der Waals surface area contributed by atoms with Gasteiger partial charge in [0.1, 0.15) is 0 Å². The van der Waals surface area contributed by atoms with E-state index in [2.05, 4.69) is 4.90 Å². The van der Waals surface area contributed by atoms with Crippen LogP contribution in [0.3, 0.4) is 0 Å². The average molecular weight is 359 g/mol. The fraction of sp³-hybridized carbons (Fsp3) is 0.579. The molecule has 3 saturated heterocycles. The predicted molar refractivity (Wildman–Crippen MR) is 96.2 cm³/mol. The van der Waals surface area contributed by atoms with Gasteiger partial charge in [-0.3, -0.25) is 9.59 Å². The van der Waals surface area contributed by atoms with Gasteiger partial charge in [0.2, 0.25) is 5.91 Å². The third kappa shape index (κ3) is 3.29. The van der Waals surface area contributed by atoms with Crippen LogP contribution in [0.5, 0.6) is 0 Å². The SMILES string of the molecule is CN1C(=O)[C@H]2COC[C@@H]1CN(C(=O)c1ccc(N3CCOCC3)cc1)C2. The van der Waals surface area contributed by atoms with Gasteiger partial charge in [-0.15, -0.1) is 0 Å². The molecular weight excluding hydrogens is 334 g/mol. The molecule has 3 aliphatic heterocycles. The van der Waals surface area contributed by atoms with E-state index in [0.29, 0.717) is 31.9 Å². The first-order chi connectivity index (χ1) is 12.6. The van der Waals surface area contributed by atoms with Crippen molar-refractivity contribution in [3.8, 4) is 0 Å². The Balaban J connectivity index is 1.49. The number of rotatable bonds is 2. The maximum atomic E-state index is 13.0. The molecule has 0 aliphatic carbocycles. The molecule has 3 aliphatic rings. The van der Waals surface area contributed by atoms with Crippen molar-refractivity contribution < 1.29 is 19.1 Å². The van der Waals surface area contributed by atoms with Gasteiger partial charge in [0, 0.05) is 44.5 Å². The lowest BCUT2D eigenvalue weighted by molar-refractivity contribution is -0.133. The van der Waals surface area contributed by atoms with Crippen molar-refractivity contribution >= 4 is 17.5 Å². The molecule has 3 heterocycles. The molecule has 4 rings (SSSR count). The second-order valence-corrected chi connectivity index (χ2v) is 7.19. The maximum Gasteiger partial charge on any atom is 0.253 e. The van der Waals surface area contributed by atoms with Gasteiger partial charge in [0.25, 0.3) is 5.91 Å². The van der Waals surface area contributed by atoms with Crippen LogP contribution < -0.4 is 4.90 Å². The van der Waals surface area contributed by atoms with E-state index >= 15 is 0 Å². The highest BCUT2D eigenvalue weighted by atomic mass is 16.5. The Morgan fingerprint density at radius 1 is 1.04 bits per heavy atom. The summed E-state index contributed by atoms with van der Waals surface area (Å²) in [5.74, 6) is -0.215. The zero-order valence-corrected chi connectivity index (χ0v) is 15.1. The van der Waals surface area contributed by atoms with Crippen LogP contribution in [0.1, 0.15) is 10.4 Å². The number of carbonyl (C=O) groups is 2. The van der Waals surface area contributed by atoms with Crippen LogP contribution in [0.25, 0.3) is 0 Å². The molecule has 1 aromatic rings. The molecular formula is C19H25N3O4. The van der Waals surface area contributed by atoms with Crippen LogP contribution in [0.15, 0.2) is 24.3 Å². The lowest BCUT2D eigenvalue weighted by Crippen LogP contribution is -2.45. The average Bonchev–Trinajstić information content (AvgIpc) is 2.87. The van der Waals surface area contributed by atoms with Crippen molar-refractivity contribution in [3.63, 3.8) is 0 Å². The van der Waals surface area contributed by atoms with Gasteiger partial charge in [-0.25, -0.2) is 0 Å². The summed E-state index contributed by atoms with van der Waals surface area (Å²) < 4.78 is 11.0. The Morgan fingerprint density at radius 2 is 1.77 bits per heavy atom. The van der Waals surface area contributed by atoms with E-state index in [1.807, 2.05) is 29.2 Å². The van der Waals surface area contributed by atoms with E-state index in [0.717, 1.165) is 32.0 Å². The summed E-state index contributed by atoms with van der Waals surface area (Å²) in [6, 6.07) is 7.69. The number of nitrogens with zero attached hydrogens (tertiary/aromatic N) is 3. The van der Waals surface area contributed by atoms with Crippen molar-refractivity contribution in [2.45, 2.75) is 6.04 Å². The third-order valence-corrected chi connectivity index (χ3v) is 5.52. The summed E-state index contributed by atoms with van der Waals surface area (Å²) >= 11 is 0. The molecule has 0 saturated carbocycles. The predicted octanol–water partition coefficient (Wildman–Crippen LogP) is 0.452. The Kier molecular flexibility index (Phi) is 4.82. The monoisotopic (exact) mass is 359 g/mol. The fourth-order valence-electron chi connectivity index (χ4n) is 3.88. The van der Waals surface area contributed by atoms with Gasteiger partial charge in [0.05, 0.1) is 38.4 Å². The second kappa shape index (κ2) is 7.25. The Morgan fingerprint density at radius 3 is 2.50 bits per heavy atom. The van der Waals surface area contributed by atoms with Gasteiger partial charge >= 0.3 is 0 Å². The van der Waals surface area contributed by atoms with Crippen molar-refractivity contribution in [1.29, 1.82) is 0 Å². The van der Waals surface area contributed by atoms with E-state index in [4.69, 9.17) is 9.47 Å². The highest BCUT2D eigenvalue weighted by molar-refractivity contribution is 5.95. The Bertz CT molecular complexity index is 672. The standard InChI is InChI=1S/C19H25N3O4/c1-20-17-11-22(10-15(18(20)23)12-26-13-17)19(24)14-2-4-16(5-3-14)21-6-8-25-9-7-21/h2-5,15,17H,6-13H2,1H3/t15-,17+/m1/s1. The number of carbonyl (C=O) groups excluding carboxylic acids is 2. The van der Waals surface area contributed by atoms with Gasteiger partial charge in [-0.1, -0.05) is 0 Å². The van der Waals surface area contributed by atoms with Crippen molar-refractivity contribution in [2.75, 3.05) is 64.6 Å². The molecule has 0 spiro atoms. The molecule has 3 fully saturated rings. The van der Waals surface area contributed by atoms with Crippen molar-refractivity contribution in [1.82, 2.24) is 9.80 Å². The molecule has 7 heteroatoms. The molecule has 1 aromatic carbocycles. The Hall–Kier alpha value is -2.12. The number of hydrogen-bond acceptors (Lipinski definition) is 5. The minimum absolute atomic E-state index is 0.0153. The molecule has 140 valence electrons. The van der Waals surface area contributed by atoms with Crippen LogP contribution in [-0.2, 0) is 14.3 Å². The minimum atomic E-state index is -0.274. The van der Waals surface area contributed by atoms with Crippen LogP contribution in [0.2, 0.25) is 0 Å². The number of likely N-dealkylation sites (N-methyl/N-ethyl adjacent to an activating group) is 1. The van der Waals surface area contributed by atoms with Gasteiger partial charge in [0.15, 0.2) is 0 Å². The number of fused-ring (bicyclic) bond motifs is 3. The first kappa shape index (κ1) is 17.3. The van der Waals surface area contributed by atoms with Gasteiger partial charge < -0.3 is 24.2 Å². The number of ether oxygens (including phenoxy) is 2. The molecule has 2 amide bonds. The van der Waals surface area contributed by atoms with Crippen LogP contribution in [0, 0.1) is 5.92 Å². The van der Waals surface area contributed by atoms with E-state index in [1.165, 1.54) is 0 Å². The summed E-state index contributed by atoms with van der Waals surface area (Å²) in [5.41, 5.74) is 1.78. The lowest BCUT2D eigenvalue weighted by Gasteiger charge is -2.30. The summed E-state index contributed by atoms with van der Waals surface area (Å²) in [6.45, 7) is 5.03. The molecule has 2 atom stereocenters. The zero-order valence-electron chi connectivity index (χ0n) is 15.1. The first-order valence-corrected chi connectivity index (χ1v) is 9.20. The number of hydrogen-bond donors (Lipinski definition) is 0. The number of benzene rings is 1. The minimum Gasteiger partial charge on any atom is -0.378 e. The molecule has 0 unspecified atom stereocenters. The van der Waals surface area contributed by atoms with E-state index in [-0.39, 0.29) is 23.8 Å². The van der Waals surface area contributed by atoms with Crippen LogP contribution >= 0.6 is 0 Å². The van der Waals surface area contributed by atoms with Crippen LogP contribution in [-0.4, -0.2) is 87.3 Å². The molecule has 2 bridgehead atoms. The zero-order chi connectivity index (χ0) is 18.1. The fourth-order valence-corrected chi connectivity index (χ4v) is 3.88. The molecule has 7 nitrogen and oxygen atoms in total. The van der Waals surface area contributed by atoms with Crippen molar-refractivity contribution in [2.24, 2.45) is 5.92 Å². The highest BCUT2D eigenvalue weighted by Crippen LogP contribution is 2.22. The second-order valence-electron chi connectivity index (χ2n) is 7.19. The summed E-state index contributed by atoms with van der Waals surface area (Å²) in [6.07, 6.45) is 0. The summed E-state index contributed by atoms with van der Waals surface area (Å²) in [7, 11) is 1.81. The number of morpholine rings is 1. The van der Waals surface area contributed by atoms with Crippen molar-refractivity contribution in [3.05, 3.63) is 29.8 Å². The molecule has 0 N–H and O–H groups in total. The van der Waals surface area contributed by atoms with E-state index < -0.39 is 0 Å². The maximum absolute atomic E-state index is 13.0. The largest absolute Gasteiger partial charge is 0.378 e. The Labute approximate surface area is 153 Å². The topological polar surface area (TPSA) is 62.3 Å². The molecule has 0 aromatic heterocycles. The van der Waals surface area contributed by atoms with E-state index in [1.54, 1.807) is 11.9 Å². The smallest absolute Gasteiger partial charge is 0.253 e. The number of amides is 2. The lowest BCUT2D eigenvalue weighted by atomic mass is 10.1. The number of anilines is 1. The third-order valence-electron chi connectivity index (χ3n) is 5.52. The summed E-state index contributed by atoms with van der Waals surface area (Å²) in [5, 5.41) is 0. The molecule has 26 heavy (non-hydrogen) atoms. The van der Waals surface area contributed by atoms with Gasteiger partial charge in [-0.2, -0.15) is 0 Å². The summed E-state index contributed by atoms with van der Waals surface area (Å²) in [4.78, 5) is 31.3. The normalized spacial score (nSPS) is 26.7. The van der Waals surface area contributed by atoms with Crippen LogP contribution in [0.4, 0.5) is 5.69 Å². The van der Waals surface area contributed by atoms with E-state index in [9.17, 15) is 9.59 Å². The van der Waals surface area contributed by atoms with Gasteiger partial charge in [-0.05, 0) is 24.3 Å². The highest BCUT2D eigenvalue weighted by Gasteiger charge is 2.38. The quantitative estimate of drug-likeness (QED) is 0.767. The first-order valence-electron chi connectivity index (χ1n) is 9.20. The molecule has 0 radical (unpaired) electrons.